The fraction of sp³-hybridized carbons (Fsp3) is 1.00. The fourth-order valence-electron chi connectivity index (χ4n) is 2.53. The van der Waals surface area contributed by atoms with Crippen molar-refractivity contribution in [3.05, 3.63) is 0 Å². The highest BCUT2D eigenvalue weighted by Gasteiger charge is 2.52. The largest absolute Gasteiger partial charge is 0.399 e. The summed E-state index contributed by atoms with van der Waals surface area (Å²) >= 11 is 0. The smallest absolute Gasteiger partial charge is 0.305 e. The summed E-state index contributed by atoms with van der Waals surface area (Å²) < 4.78 is 49.8. The van der Waals surface area contributed by atoms with Crippen molar-refractivity contribution < 1.29 is 22.4 Å². The van der Waals surface area contributed by atoms with E-state index >= 15 is 0 Å². The van der Waals surface area contributed by atoms with Crippen molar-refractivity contribution in [3.63, 3.8) is 0 Å². The summed E-state index contributed by atoms with van der Waals surface area (Å²) in [4.78, 5) is 0. The van der Waals surface area contributed by atoms with Crippen molar-refractivity contribution in [1.29, 1.82) is 0 Å². The first-order valence-corrected chi connectivity index (χ1v) is 10.7. The molecule has 0 aliphatic heterocycles. The Hall–Kier alpha value is 0.01000. The lowest BCUT2D eigenvalue weighted by Gasteiger charge is -2.25. The molecule has 6 heteroatoms. The summed E-state index contributed by atoms with van der Waals surface area (Å²) in [5.41, 5.74) is -3.39. The molecule has 0 aliphatic rings. The van der Waals surface area contributed by atoms with Crippen molar-refractivity contribution in [1.82, 2.24) is 0 Å². The van der Waals surface area contributed by atoms with Crippen LogP contribution in [0.1, 0.15) is 91.4 Å². The van der Waals surface area contributed by atoms with E-state index in [0.717, 1.165) is 19.3 Å². The number of rotatable bonds is 16. The first kappa shape index (κ1) is 23.0. The summed E-state index contributed by atoms with van der Waals surface area (Å²) in [6.45, 7) is 5.21. The zero-order chi connectivity index (χ0) is 17.6. The number of alkyl halides is 2. The monoisotopic (exact) mass is 356 g/mol. The van der Waals surface area contributed by atoms with E-state index in [1.54, 1.807) is 13.8 Å². The Labute approximate surface area is 141 Å². The highest BCUT2D eigenvalue weighted by atomic mass is 31.2. The van der Waals surface area contributed by atoms with E-state index < -0.39 is 19.7 Å². The first-order valence-electron chi connectivity index (χ1n) is 9.20. The Morgan fingerprint density at radius 2 is 1.13 bits per heavy atom. The number of hydrogen-bond acceptors (Lipinski definition) is 3. The van der Waals surface area contributed by atoms with Crippen LogP contribution in [0, 0.1) is 0 Å². The zero-order valence-corrected chi connectivity index (χ0v) is 16.0. The molecule has 0 saturated heterocycles. The van der Waals surface area contributed by atoms with Gasteiger partial charge >= 0.3 is 13.3 Å². The van der Waals surface area contributed by atoms with Gasteiger partial charge in [-0.1, -0.05) is 64.7 Å². The number of unbranched alkanes of at least 4 members (excludes halogenated alkanes) is 9. The zero-order valence-electron chi connectivity index (χ0n) is 15.1. The first-order chi connectivity index (χ1) is 10.9. The van der Waals surface area contributed by atoms with Crippen molar-refractivity contribution >= 4 is 7.60 Å². The van der Waals surface area contributed by atoms with E-state index in [2.05, 4.69) is 6.92 Å². The van der Waals surface area contributed by atoms with Crippen molar-refractivity contribution in [2.45, 2.75) is 97.1 Å². The van der Waals surface area contributed by atoms with E-state index in [4.69, 9.17) is 9.05 Å². The average Bonchev–Trinajstić information content (AvgIpc) is 2.49. The lowest BCUT2D eigenvalue weighted by Crippen LogP contribution is -2.20. The van der Waals surface area contributed by atoms with Crippen LogP contribution in [0.25, 0.3) is 0 Å². The van der Waals surface area contributed by atoms with Crippen LogP contribution in [0.4, 0.5) is 8.78 Å². The van der Waals surface area contributed by atoms with E-state index in [0.29, 0.717) is 6.42 Å². The summed E-state index contributed by atoms with van der Waals surface area (Å²) in [7, 11) is -4.33. The minimum atomic E-state index is -4.33. The SMILES string of the molecule is CCCCCCCCCCCCC(F)(F)P(=O)(OCC)OCC. The Morgan fingerprint density at radius 1 is 0.739 bits per heavy atom. The Morgan fingerprint density at radius 3 is 1.52 bits per heavy atom. The molecular weight excluding hydrogens is 321 g/mol. The van der Waals surface area contributed by atoms with Gasteiger partial charge in [0.1, 0.15) is 0 Å². The highest BCUT2D eigenvalue weighted by molar-refractivity contribution is 7.55. The molecule has 0 rings (SSSR count). The topological polar surface area (TPSA) is 35.5 Å². The van der Waals surface area contributed by atoms with E-state index in [-0.39, 0.29) is 13.2 Å². The van der Waals surface area contributed by atoms with Gasteiger partial charge in [-0.3, -0.25) is 4.57 Å². The van der Waals surface area contributed by atoms with Crippen LogP contribution in [0.5, 0.6) is 0 Å². The molecule has 140 valence electrons. The van der Waals surface area contributed by atoms with E-state index in [9.17, 15) is 13.3 Å². The maximum absolute atomic E-state index is 14.1. The third-order valence-corrected chi connectivity index (χ3v) is 6.05. The lowest BCUT2D eigenvalue weighted by molar-refractivity contribution is 0.0294. The fourth-order valence-corrected chi connectivity index (χ4v) is 4.09. The third-order valence-electron chi connectivity index (χ3n) is 3.83. The molecular formula is C17H35F2O3P. The molecule has 0 N–H and O–H groups in total. The van der Waals surface area contributed by atoms with Gasteiger partial charge in [-0.05, 0) is 20.3 Å². The molecule has 0 atom stereocenters. The summed E-state index contributed by atoms with van der Waals surface area (Å²) in [6, 6.07) is 0. The molecule has 0 aliphatic carbocycles. The molecule has 0 heterocycles. The Bertz CT molecular complexity index is 315. The molecule has 0 bridgehead atoms. The van der Waals surface area contributed by atoms with E-state index in [1.165, 1.54) is 38.5 Å². The molecule has 0 saturated carbocycles. The van der Waals surface area contributed by atoms with Gasteiger partial charge in [0.15, 0.2) is 0 Å². The van der Waals surface area contributed by atoms with Gasteiger partial charge in [0, 0.05) is 6.42 Å². The highest BCUT2D eigenvalue weighted by Crippen LogP contribution is 2.63. The minimum absolute atomic E-state index is 0.0368. The third kappa shape index (κ3) is 9.79. The molecule has 0 amide bonds. The van der Waals surface area contributed by atoms with Gasteiger partial charge < -0.3 is 9.05 Å². The predicted octanol–water partition coefficient (Wildman–Crippen LogP) is 7.16. The van der Waals surface area contributed by atoms with Crippen molar-refractivity contribution in [3.8, 4) is 0 Å². The second-order valence-electron chi connectivity index (χ2n) is 5.93. The average molecular weight is 356 g/mol. The second kappa shape index (κ2) is 13.3. The molecule has 0 spiro atoms. The van der Waals surface area contributed by atoms with Crippen molar-refractivity contribution in [2.75, 3.05) is 13.2 Å². The molecule has 3 nitrogen and oxygen atoms in total. The van der Waals surface area contributed by atoms with Gasteiger partial charge in [0.25, 0.3) is 0 Å². The number of hydrogen-bond donors (Lipinski definition) is 0. The Kier molecular flexibility index (Phi) is 13.3. The number of halogens is 2. The summed E-state index contributed by atoms with van der Waals surface area (Å²) in [5, 5.41) is 0. The van der Waals surface area contributed by atoms with E-state index in [1.807, 2.05) is 0 Å². The molecule has 0 fully saturated rings. The van der Waals surface area contributed by atoms with Crippen LogP contribution in [0.3, 0.4) is 0 Å². The van der Waals surface area contributed by atoms with Gasteiger partial charge in [-0.15, -0.1) is 0 Å². The van der Waals surface area contributed by atoms with Crippen LogP contribution in [0.2, 0.25) is 0 Å². The van der Waals surface area contributed by atoms with Gasteiger partial charge in [0.05, 0.1) is 13.2 Å². The quantitative estimate of drug-likeness (QED) is 0.217. The van der Waals surface area contributed by atoms with Crippen LogP contribution >= 0.6 is 7.60 Å². The molecule has 0 radical (unpaired) electrons. The van der Waals surface area contributed by atoms with Gasteiger partial charge in [-0.25, -0.2) is 0 Å². The molecule has 0 aromatic carbocycles. The summed E-state index contributed by atoms with van der Waals surface area (Å²) in [5.74, 6) is 0. The predicted molar refractivity (Wildman–Crippen MR) is 92.3 cm³/mol. The van der Waals surface area contributed by atoms with Crippen molar-refractivity contribution in [2.24, 2.45) is 0 Å². The van der Waals surface area contributed by atoms with Gasteiger partial charge in [-0.2, -0.15) is 8.78 Å². The van der Waals surface area contributed by atoms with Crippen LogP contribution in [-0.4, -0.2) is 18.9 Å². The molecule has 0 unspecified atom stereocenters. The second-order valence-corrected chi connectivity index (χ2v) is 8.10. The van der Waals surface area contributed by atoms with Crippen LogP contribution in [0.15, 0.2) is 0 Å². The maximum Gasteiger partial charge on any atom is 0.399 e. The standard InChI is InChI=1S/C17H35F2O3P/c1-4-7-8-9-10-11-12-13-14-15-16-17(18,19)23(20,21-5-2)22-6-3/h4-16H2,1-3H3. The Balaban J connectivity index is 3.86. The molecule has 0 aromatic heterocycles. The van der Waals surface area contributed by atoms with Gasteiger partial charge in [0.2, 0.25) is 0 Å². The maximum atomic E-state index is 14.1. The van der Waals surface area contributed by atoms with Crippen LogP contribution in [-0.2, 0) is 13.6 Å². The minimum Gasteiger partial charge on any atom is -0.305 e. The lowest BCUT2D eigenvalue weighted by atomic mass is 10.1. The molecule has 23 heavy (non-hydrogen) atoms. The van der Waals surface area contributed by atoms with Crippen LogP contribution < -0.4 is 0 Å². The summed E-state index contributed by atoms with van der Waals surface area (Å²) in [6.07, 6.45) is 10.2. The molecule has 0 aromatic rings. The normalized spacial score (nSPS) is 12.7.